The van der Waals surface area contributed by atoms with Crippen molar-refractivity contribution in [2.45, 2.75) is 20.3 Å². The van der Waals surface area contributed by atoms with Crippen molar-refractivity contribution in [2.75, 3.05) is 45.8 Å². The minimum absolute atomic E-state index is 0.0636. The molecule has 1 aromatic carbocycles. The number of hydrogen-bond donors (Lipinski definition) is 0. The van der Waals surface area contributed by atoms with Crippen molar-refractivity contribution < 1.29 is 9.59 Å². The highest BCUT2D eigenvalue weighted by molar-refractivity contribution is 5.94. The topological polar surface area (TPSA) is 48.8 Å². The van der Waals surface area contributed by atoms with Gasteiger partial charge in [0, 0.05) is 62.9 Å². The number of aromatic nitrogens is 1. The van der Waals surface area contributed by atoms with Crippen LogP contribution in [0, 0.1) is 11.8 Å². The van der Waals surface area contributed by atoms with E-state index in [-0.39, 0.29) is 11.8 Å². The van der Waals surface area contributed by atoms with Crippen LogP contribution in [0.2, 0.25) is 0 Å². The summed E-state index contributed by atoms with van der Waals surface area (Å²) >= 11 is 0. The molecule has 4 rings (SSSR count). The Labute approximate surface area is 179 Å². The highest BCUT2D eigenvalue weighted by Crippen LogP contribution is 2.21. The smallest absolute Gasteiger partial charge is 0.254 e. The first-order chi connectivity index (χ1) is 14.5. The molecular formula is C24H32N4O2. The molecule has 2 amide bonds. The number of likely N-dealkylation sites (tertiary alicyclic amines) is 1. The summed E-state index contributed by atoms with van der Waals surface area (Å²) < 4.78 is 2.00. The minimum Gasteiger partial charge on any atom is -0.341 e. The number of piperazine rings is 1. The summed E-state index contributed by atoms with van der Waals surface area (Å²) in [5, 5.41) is 0. The molecule has 160 valence electrons. The van der Waals surface area contributed by atoms with Gasteiger partial charge in [-0.3, -0.25) is 14.5 Å². The van der Waals surface area contributed by atoms with E-state index in [0.29, 0.717) is 37.0 Å². The molecule has 2 unspecified atom stereocenters. The van der Waals surface area contributed by atoms with Gasteiger partial charge in [0.25, 0.3) is 5.91 Å². The lowest BCUT2D eigenvalue weighted by Gasteiger charge is -2.38. The predicted molar refractivity (Wildman–Crippen MR) is 118 cm³/mol. The first-order valence-electron chi connectivity index (χ1n) is 11.0. The quantitative estimate of drug-likeness (QED) is 0.782. The number of piperidine rings is 1. The van der Waals surface area contributed by atoms with Crippen molar-refractivity contribution in [3.63, 3.8) is 0 Å². The second-order valence-electron chi connectivity index (χ2n) is 8.95. The average Bonchev–Trinajstić information content (AvgIpc) is 3.28. The Kier molecular flexibility index (Phi) is 6.23. The Balaban J connectivity index is 1.31. The number of hydrogen-bond acceptors (Lipinski definition) is 3. The van der Waals surface area contributed by atoms with Gasteiger partial charge in [-0.05, 0) is 48.6 Å². The molecule has 30 heavy (non-hydrogen) atoms. The van der Waals surface area contributed by atoms with Crippen LogP contribution in [0.5, 0.6) is 0 Å². The van der Waals surface area contributed by atoms with Crippen LogP contribution < -0.4 is 0 Å². The van der Waals surface area contributed by atoms with Crippen molar-refractivity contribution in [3.05, 3.63) is 54.4 Å². The zero-order valence-electron chi connectivity index (χ0n) is 18.0. The molecular weight excluding hydrogens is 376 g/mol. The highest BCUT2D eigenvalue weighted by Gasteiger charge is 2.28. The van der Waals surface area contributed by atoms with Crippen LogP contribution >= 0.6 is 0 Å². The van der Waals surface area contributed by atoms with Crippen molar-refractivity contribution in [3.8, 4) is 5.69 Å². The summed E-state index contributed by atoms with van der Waals surface area (Å²) in [6.07, 6.45) is 5.16. The monoisotopic (exact) mass is 408 g/mol. The largest absolute Gasteiger partial charge is 0.341 e. The lowest BCUT2D eigenvalue weighted by atomic mass is 9.92. The molecule has 2 fully saturated rings. The molecule has 0 bridgehead atoms. The molecule has 1 aromatic heterocycles. The van der Waals surface area contributed by atoms with Gasteiger partial charge in [-0.2, -0.15) is 0 Å². The van der Waals surface area contributed by atoms with Gasteiger partial charge in [-0.25, -0.2) is 0 Å². The van der Waals surface area contributed by atoms with E-state index in [1.165, 1.54) is 6.42 Å². The maximum Gasteiger partial charge on any atom is 0.254 e. The van der Waals surface area contributed by atoms with E-state index in [2.05, 4.69) is 18.7 Å². The molecule has 0 aliphatic carbocycles. The number of rotatable bonds is 4. The van der Waals surface area contributed by atoms with Gasteiger partial charge >= 0.3 is 0 Å². The van der Waals surface area contributed by atoms with Crippen molar-refractivity contribution in [2.24, 2.45) is 11.8 Å². The summed E-state index contributed by atoms with van der Waals surface area (Å²) in [6.45, 7) is 9.47. The van der Waals surface area contributed by atoms with Crippen LogP contribution in [-0.2, 0) is 4.79 Å². The van der Waals surface area contributed by atoms with Crippen LogP contribution in [0.15, 0.2) is 48.8 Å². The first-order valence-corrected chi connectivity index (χ1v) is 11.0. The molecule has 2 aliphatic rings. The van der Waals surface area contributed by atoms with E-state index >= 15 is 0 Å². The molecule has 0 spiro atoms. The van der Waals surface area contributed by atoms with Crippen LogP contribution in [0.1, 0.15) is 30.6 Å². The molecule has 2 aromatic rings. The summed E-state index contributed by atoms with van der Waals surface area (Å²) in [6, 6.07) is 11.7. The van der Waals surface area contributed by atoms with Gasteiger partial charge in [-0.1, -0.05) is 19.9 Å². The normalized spacial score (nSPS) is 22.9. The maximum absolute atomic E-state index is 13.0. The zero-order chi connectivity index (χ0) is 21.1. The summed E-state index contributed by atoms with van der Waals surface area (Å²) in [5.41, 5.74) is 1.70. The number of benzene rings is 1. The third kappa shape index (κ3) is 4.75. The fourth-order valence-electron chi connectivity index (χ4n) is 4.76. The molecule has 3 heterocycles. The number of nitrogens with zero attached hydrogens (tertiary/aromatic N) is 4. The van der Waals surface area contributed by atoms with E-state index in [1.54, 1.807) is 0 Å². The van der Waals surface area contributed by atoms with Gasteiger partial charge in [0.15, 0.2) is 0 Å². The molecule has 0 saturated carbocycles. The molecule has 2 saturated heterocycles. The zero-order valence-corrected chi connectivity index (χ0v) is 18.0. The SMILES string of the molecule is CC1CC(C)CN(C(=O)CN2CCN(C(=O)c3cccc(-n4cccc4)c3)CC2)C1. The lowest BCUT2D eigenvalue weighted by Crippen LogP contribution is -2.53. The molecule has 6 heteroatoms. The summed E-state index contributed by atoms with van der Waals surface area (Å²) in [5.74, 6) is 1.45. The van der Waals surface area contributed by atoms with Crippen molar-refractivity contribution in [1.82, 2.24) is 19.3 Å². The van der Waals surface area contributed by atoms with Gasteiger partial charge in [-0.15, -0.1) is 0 Å². The van der Waals surface area contributed by atoms with Crippen LogP contribution in [0.4, 0.5) is 0 Å². The standard InChI is InChI=1S/C24H32N4O2/c1-19-14-20(2)17-28(16-19)23(29)18-25-10-12-27(13-11-25)24(30)21-6-5-7-22(15-21)26-8-3-4-9-26/h3-9,15,19-20H,10-14,16-18H2,1-2H3. The lowest BCUT2D eigenvalue weighted by molar-refractivity contribution is -0.135. The molecule has 6 nitrogen and oxygen atoms in total. The molecule has 0 N–H and O–H groups in total. The number of carbonyl (C=O) groups excluding carboxylic acids is 2. The number of carbonyl (C=O) groups is 2. The molecule has 2 atom stereocenters. The van der Waals surface area contributed by atoms with Crippen LogP contribution in [-0.4, -0.2) is 76.9 Å². The van der Waals surface area contributed by atoms with E-state index in [0.717, 1.165) is 31.9 Å². The third-order valence-electron chi connectivity index (χ3n) is 6.24. The summed E-state index contributed by atoms with van der Waals surface area (Å²) in [7, 11) is 0. The Morgan fingerprint density at radius 3 is 2.23 bits per heavy atom. The average molecular weight is 409 g/mol. The molecule has 0 radical (unpaired) electrons. The predicted octanol–water partition coefficient (Wildman–Crippen LogP) is 2.74. The van der Waals surface area contributed by atoms with Crippen molar-refractivity contribution >= 4 is 11.8 Å². The Morgan fingerprint density at radius 2 is 1.57 bits per heavy atom. The Hall–Kier alpha value is -2.60. The Morgan fingerprint density at radius 1 is 0.900 bits per heavy atom. The fraction of sp³-hybridized carbons (Fsp3) is 0.500. The Bertz CT molecular complexity index is 861. The highest BCUT2D eigenvalue weighted by atomic mass is 16.2. The minimum atomic E-state index is 0.0636. The van der Waals surface area contributed by atoms with Crippen molar-refractivity contribution in [1.29, 1.82) is 0 Å². The maximum atomic E-state index is 13.0. The van der Waals surface area contributed by atoms with Gasteiger partial charge in [0.05, 0.1) is 6.54 Å². The van der Waals surface area contributed by atoms with E-state index < -0.39 is 0 Å². The van der Waals surface area contributed by atoms with Crippen LogP contribution in [0.3, 0.4) is 0 Å². The van der Waals surface area contributed by atoms with Gasteiger partial charge in [0.1, 0.15) is 0 Å². The summed E-state index contributed by atoms with van der Waals surface area (Å²) in [4.78, 5) is 31.9. The van der Waals surface area contributed by atoms with Crippen LogP contribution in [0.25, 0.3) is 5.69 Å². The van der Waals surface area contributed by atoms with E-state index in [4.69, 9.17) is 0 Å². The van der Waals surface area contributed by atoms with Gasteiger partial charge < -0.3 is 14.4 Å². The second-order valence-corrected chi connectivity index (χ2v) is 8.95. The fourth-order valence-corrected chi connectivity index (χ4v) is 4.76. The van der Waals surface area contributed by atoms with E-state index in [1.807, 2.05) is 63.2 Å². The molecule has 2 aliphatic heterocycles. The van der Waals surface area contributed by atoms with E-state index in [9.17, 15) is 9.59 Å². The number of amides is 2. The second kappa shape index (κ2) is 9.04. The third-order valence-corrected chi connectivity index (χ3v) is 6.24. The first kappa shape index (κ1) is 20.7. The van der Waals surface area contributed by atoms with Gasteiger partial charge in [0.2, 0.25) is 5.91 Å².